The fraction of sp³-hybridized carbons (Fsp3) is 0.231. The molecular formula is C13H14N2O. The highest BCUT2D eigenvalue weighted by Crippen LogP contribution is 2.20. The van der Waals surface area contributed by atoms with E-state index in [0.717, 1.165) is 10.9 Å². The number of nitrogens with two attached hydrogens (primary N) is 1. The van der Waals surface area contributed by atoms with Gasteiger partial charge in [-0.1, -0.05) is 18.2 Å². The molecule has 0 aliphatic heterocycles. The standard InChI is InChI=1S/C13H14N2O/c1-13(2,14)12(16)10-5-3-7-11-9(10)6-4-8-15-11/h3-8H,14H2,1-2H3. The van der Waals surface area contributed by atoms with Gasteiger partial charge in [0.1, 0.15) is 0 Å². The SMILES string of the molecule is CC(C)(N)C(=O)c1cccc2ncccc12. The Morgan fingerprint density at radius 1 is 1.25 bits per heavy atom. The van der Waals surface area contributed by atoms with Crippen LogP contribution in [0.2, 0.25) is 0 Å². The number of pyridine rings is 1. The monoisotopic (exact) mass is 214 g/mol. The maximum absolute atomic E-state index is 12.1. The van der Waals surface area contributed by atoms with Crippen molar-refractivity contribution in [2.45, 2.75) is 19.4 Å². The van der Waals surface area contributed by atoms with Crippen LogP contribution in [0.1, 0.15) is 24.2 Å². The van der Waals surface area contributed by atoms with E-state index in [-0.39, 0.29) is 5.78 Å². The molecule has 0 saturated carbocycles. The van der Waals surface area contributed by atoms with Crippen LogP contribution in [0.4, 0.5) is 0 Å². The van der Waals surface area contributed by atoms with Gasteiger partial charge in [-0.2, -0.15) is 0 Å². The van der Waals surface area contributed by atoms with Crippen molar-refractivity contribution >= 4 is 16.7 Å². The molecule has 2 N–H and O–H groups in total. The first kappa shape index (κ1) is 10.8. The molecule has 1 heterocycles. The second-order valence-corrected chi connectivity index (χ2v) is 4.43. The van der Waals surface area contributed by atoms with Crippen molar-refractivity contribution in [3.8, 4) is 0 Å². The van der Waals surface area contributed by atoms with Crippen LogP contribution in [0.25, 0.3) is 10.9 Å². The summed E-state index contributed by atoms with van der Waals surface area (Å²) in [6.07, 6.45) is 1.71. The van der Waals surface area contributed by atoms with Gasteiger partial charge in [-0.25, -0.2) is 0 Å². The fourth-order valence-corrected chi connectivity index (χ4v) is 1.65. The second kappa shape index (κ2) is 3.68. The number of hydrogen-bond acceptors (Lipinski definition) is 3. The first-order valence-corrected chi connectivity index (χ1v) is 5.17. The topological polar surface area (TPSA) is 56.0 Å². The molecule has 1 aromatic heterocycles. The number of fused-ring (bicyclic) bond motifs is 1. The maximum atomic E-state index is 12.1. The maximum Gasteiger partial charge on any atom is 0.182 e. The lowest BCUT2D eigenvalue weighted by molar-refractivity contribution is 0.0915. The number of rotatable bonds is 2. The van der Waals surface area contributed by atoms with Crippen LogP contribution in [-0.4, -0.2) is 16.3 Å². The number of benzene rings is 1. The molecule has 0 aliphatic carbocycles. The minimum absolute atomic E-state index is 0.0638. The number of ketones is 1. The van der Waals surface area contributed by atoms with Gasteiger partial charge >= 0.3 is 0 Å². The Morgan fingerprint density at radius 2 is 2.00 bits per heavy atom. The largest absolute Gasteiger partial charge is 0.319 e. The molecule has 2 aromatic rings. The highest BCUT2D eigenvalue weighted by molar-refractivity contribution is 6.11. The zero-order chi connectivity index (χ0) is 11.8. The van der Waals surface area contributed by atoms with Crippen molar-refractivity contribution in [1.29, 1.82) is 0 Å². The van der Waals surface area contributed by atoms with E-state index < -0.39 is 5.54 Å². The molecule has 0 amide bonds. The Hall–Kier alpha value is -1.74. The lowest BCUT2D eigenvalue weighted by Crippen LogP contribution is -2.41. The average molecular weight is 214 g/mol. The molecule has 2 rings (SSSR count). The van der Waals surface area contributed by atoms with Crippen molar-refractivity contribution in [3.05, 3.63) is 42.1 Å². The average Bonchev–Trinajstić information content (AvgIpc) is 2.26. The zero-order valence-corrected chi connectivity index (χ0v) is 9.40. The summed E-state index contributed by atoms with van der Waals surface area (Å²) in [5.41, 5.74) is 6.43. The second-order valence-electron chi connectivity index (χ2n) is 4.43. The van der Waals surface area contributed by atoms with Gasteiger partial charge in [-0.15, -0.1) is 0 Å². The highest BCUT2D eigenvalue weighted by atomic mass is 16.1. The molecule has 3 heteroatoms. The van der Waals surface area contributed by atoms with Gasteiger partial charge in [0.2, 0.25) is 0 Å². The molecule has 0 spiro atoms. The molecule has 0 atom stereocenters. The van der Waals surface area contributed by atoms with E-state index in [1.807, 2.05) is 24.3 Å². The summed E-state index contributed by atoms with van der Waals surface area (Å²) in [5.74, 6) is -0.0638. The van der Waals surface area contributed by atoms with E-state index >= 15 is 0 Å². The summed E-state index contributed by atoms with van der Waals surface area (Å²) in [5, 5.41) is 0.855. The normalized spacial score (nSPS) is 11.7. The Morgan fingerprint density at radius 3 is 2.69 bits per heavy atom. The lowest BCUT2D eigenvalue weighted by atomic mass is 9.92. The number of carbonyl (C=O) groups excluding carboxylic acids is 1. The van der Waals surface area contributed by atoms with Crippen LogP contribution >= 0.6 is 0 Å². The minimum Gasteiger partial charge on any atom is -0.319 e. The predicted molar refractivity (Wildman–Crippen MR) is 64.3 cm³/mol. The third-order valence-electron chi connectivity index (χ3n) is 2.48. The van der Waals surface area contributed by atoms with Crippen LogP contribution in [0, 0.1) is 0 Å². The van der Waals surface area contributed by atoms with Crippen molar-refractivity contribution < 1.29 is 4.79 Å². The molecule has 82 valence electrons. The Labute approximate surface area is 94.3 Å². The van der Waals surface area contributed by atoms with Crippen LogP contribution < -0.4 is 5.73 Å². The van der Waals surface area contributed by atoms with Crippen molar-refractivity contribution in [1.82, 2.24) is 4.98 Å². The predicted octanol–water partition coefficient (Wildman–Crippen LogP) is 2.15. The van der Waals surface area contributed by atoms with E-state index in [2.05, 4.69) is 4.98 Å². The van der Waals surface area contributed by atoms with Gasteiger partial charge in [-0.05, 0) is 26.0 Å². The molecule has 0 aliphatic rings. The van der Waals surface area contributed by atoms with Crippen molar-refractivity contribution in [3.63, 3.8) is 0 Å². The van der Waals surface area contributed by atoms with Crippen LogP contribution in [0.5, 0.6) is 0 Å². The lowest BCUT2D eigenvalue weighted by Gasteiger charge is -2.17. The summed E-state index contributed by atoms with van der Waals surface area (Å²) in [6, 6.07) is 9.22. The van der Waals surface area contributed by atoms with Gasteiger partial charge in [-0.3, -0.25) is 9.78 Å². The Bertz CT molecular complexity index is 536. The molecular weight excluding hydrogens is 200 g/mol. The first-order chi connectivity index (χ1) is 7.50. The summed E-state index contributed by atoms with van der Waals surface area (Å²) in [7, 11) is 0. The smallest absolute Gasteiger partial charge is 0.182 e. The van der Waals surface area contributed by atoms with Crippen LogP contribution in [0.3, 0.4) is 0 Å². The van der Waals surface area contributed by atoms with E-state index in [4.69, 9.17) is 5.73 Å². The Kier molecular flexibility index (Phi) is 2.48. The van der Waals surface area contributed by atoms with E-state index in [1.165, 1.54) is 0 Å². The molecule has 1 aromatic carbocycles. The molecule has 0 bridgehead atoms. The number of Topliss-reactive ketones (excluding diaryl/α,β-unsaturated/α-hetero) is 1. The van der Waals surface area contributed by atoms with E-state index in [9.17, 15) is 4.79 Å². The van der Waals surface area contributed by atoms with E-state index in [1.54, 1.807) is 26.1 Å². The van der Waals surface area contributed by atoms with Gasteiger partial charge in [0.05, 0.1) is 11.1 Å². The summed E-state index contributed by atoms with van der Waals surface area (Å²) in [6.45, 7) is 3.43. The zero-order valence-electron chi connectivity index (χ0n) is 9.40. The highest BCUT2D eigenvalue weighted by Gasteiger charge is 2.24. The third-order valence-corrected chi connectivity index (χ3v) is 2.48. The Balaban J connectivity index is 2.66. The van der Waals surface area contributed by atoms with Crippen LogP contribution in [0.15, 0.2) is 36.5 Å². The summed E-state index contributed by atoms with van der Waals surface area (Å²) >= 11 is 0. The molecule has 0 fully saturated rings. The summed E-state index contributed by atoms with van der Waals surface area (Å²) in [4.78, 5) is 16.3. The number of nitrogens with zero attached hydrogens (tertiary/aromatic N) is 1. The fourth-order valence-electron chi connectivity index (χ4n) is 1.65. The van der Waals surface area contributed by atoms with Gasteiger partial charge < -0.3 is 5.73 Å². The number of carbonyl (C=O) groups is 1. The van der Waals surface area contributed by atoms with Gasteiger partial charge in [0.25, 0.3) is 0 Å². The summed E-state index contributed by atoms with van der Waals surface area (Å²) < 4.78 is 0. The van der Waals surface area contributed by atoms with Gasteiger partial charge in [0, 0.05) is 17.1 Å². The molecule has 3 nitrogen and oxygen atoms in total. The van der Waals surface area contributed by atoms with Gasteiger partial charge in [0.15, 0.2) is 5.78 Å². The van der Waals surface area contributed by atoms with Crippen LogP contribution in [-0.2, 0) is 0 Å². The first-order valence-electron chi connectivity index (χ1n) is 5.17. The third kappa shape index (κ3) is 1.82. The molecule has 0 saturated heterocycles. The van der Waals surface area contributed by atoms with E-state index in [0.29, 0.717) is 5.56 Å². The molecule has 16 heavy (non-hydrogen) atoms. The number of aromatic nitrogens is 1. The quantitative estimate of drug-likeness (QED) is 0.779. The van der Waals surface area contributed by atoms with Crippen molar-refractivity contribution in [2.24, 2.45) is 5.73 Å². The minimum atomic E-state index is -0.857. The van der Waals surface area contributed by atoms with Crippen molar-refractivity contribution in [2.75, 3.05) is 0 Å². The molecule has 0 unspecified atom stereocenters. The molecule has 0 radical (unpaired) electrons. The number of hydrogen-bond donors (Lipinski definition) is 1.